The Morgan fingerprint density at radius 1 is 1.15 bits per heavy atom. The van der Waals surface area contributed by atoms with Crippen LogP contribution in [0, 0.1) is 0 Å². The number of sulfone groups is 1. The first-order chi connectivity index (χ1) is 12.5. The molecule has 1 aromatic heterocycles. The molecule has 138 valence electrons. The van der Waals surface area contributed by atoms with Crippen molar-refractivity contribution in [1.82, 2.24) is 15.3 Å². The molecule has 26 heavy (non-hydrogen) atoms. The second-order valence-corrected chi connectivity index (χ2v) is 8.61. The van der Waals surface area contributed by atoms with Crippen molar-refractivity contribution in [3.63, 3.8) is 0 Å². The van der Waals surface area contributed by atoms with E-state index in [1.165, 1.54) is 18.0 Å². The van der Waals surface area contributed by atoms with Crippen LogP contribution in [0.15, 0.2) is 42.7 Å². The van der Waals surface area contributed by atoms with Crippen LogP contribution in [0.4, 0.5) is 5.95 Å². The lowest BCUT2D eigenvalue weighted by Crippen LogP contribution is -2.35. The summed E-state index contributed by atoms with van der Waals surface area (Å²) in [6.45, 7) is 0.736. The molecule has 1 atom stereocenters. The molecule has 0 radical (unpaired) electrons. The molecule has 0 bridgehead atoms. The van der Waals surface area contributed by atoms with Gasteiger partial charge in [-0.25, -0.2) is 18.4 Å². The Morgan fingerprint density at radius 2 is 1.88 bits per heavy atom. The summed E-state index contributed by atoms with van der Waals surface area (Å²) in [7, 11) is -3.02. The molecular weight excluding hydrogens is 352 g/mol. The molecule has 2 N–H and O–H groups in total. The number of nitrogens with zero attached hydrogens (tertiary/aromatic N) is 2. The maximum Gasteiger partial charge on any atom is 0.254 e. The minimum atomic E-state index is -3.02. The van der Waals surface area contributed by atoms with E-state index < -0.39 is 9.84 Å². The lowest BCUT2D eigenvalue weighted by Gasteiger charge is -2.10. The Kier molecular flexibility index (Phi) is 5.82. The number of anilines is 1. The topological polar surface area (TPSA) is 101 Å². The number of hydrogen-bond donors (Lipinski definition) is 2. The minimum Gasteiger partial charge on any atom is -0.354 e. The Hall–Kier alpha value is -2.48. The summed E-state index contributed by atoms with van der Waals surface area (Å²) >= 11 is 0. The number of hydrogen-bond acceptors (Lipinski definition) is 6. The second kappa shape index (κ2) is 8.27. The van der Waals surface area contributed by atoms with Crippen molar-refractivity contribution in [3.05, 3.63) is 53.9 Å². The van der Waals surface area contributed by atoms with Crippen molar-refractivity contribution in [1.29, 1.82) is 0 Å². The van der Waals surface area contributed by atoms with Crippen molar-refractivity contribution in [2.45, 2.75) is 25.3 Å². The van der Waals surface area contributed by atoms with E-state index in [0.29, 0.717) is 17.9 Å². The molecule has 8 heteroatoms. The number of aromatic nitrogens is 2. The van der Waals surface area contributed by atoms with Crippen LogP contribution in [0.2, 0.25) is 0 Å². The predicted octanol–water partition coefficient (Wildman–Crippen LogP) is 1.44. The van der Waals surface area contributed by atoms with Gasteiger partial charge in [-0.05, 0) is 24.8 Å². The first kappa shape index (κ1) is 18.3. The third-order valence-electron chi connectivity index (χ3n) is 4.25. The molecule has 1 aliphatic rings. The SMILES string of the molecule is O=C(NC1CCS(=O)(=O)C1)c1cnc(NCCCc2ccccc2)nc1. The van der Waals surface area contributed by atoms with E-state index in [2.05, 4.69) is 32.7 Å². The Bertz CT molecular complexity index is 838. The van der Waals surface area contributed by atoms with Gasteiger partial charge in [0.05, 0.1) is 17.1 Å². The van der Waals surface area contributed by atoms with Crippen LogP contribution in [0.25, 0.3) is 0 Å². The van der Waals surface area contributed by atoms with Crippen molar-refractivity contribution in [2.24, 2.45) is 0 Å². The second-order valence-electron chi connectivity index (χ2n) is 6.38. The summed E-state index contributed by atoms with van der Waals surface area (Å²) < 4.78 is 22.9. The van der Waals surface area contributed by atoms with E-state index in [9.17, 15) is 13.2 Å². The fourth-order valence-corrected chi connectivity index (χ4v) is 4.52. The standard InChI is InChI=1S/C18H22N4O3S/c23-17(22-16-8-10-26(24,25)13-16)15-11-20-18(21-12-15)19-9-4-7-14-5-2-1-3-6-14/h1-3,5-6,11-12,16H,4,7-10,13H2,(H,22,23)(H,19,20,21). The smallest absolute Gasteiger partial charge is 0.254 e. The number of carbonyl (C=O) groups is 1. The van der Waals surface area contributed by atoms with Gasteiger partial charge in [0.2, 0.25) is 5.95 Å². The molecule has 1 fully saturated rings. The van der Waals surface area contributed by atoms with Crippen LogP contribution < -0.4 is 10.6 Å². The maximum absolute atomic E-state index is 12.1. The molecule has 2 heterocycles. The van der Waals surface area contributed by atoms with Crippen LogP contribution in [0.1, 0.15) is 28.8 Å². The molecule has 2 aromatic rings. The van der Waals surface area contributed by atoms with Gasteiger partial charge in [-0.2, -0.15) is 0 Å². The average Bonchev–Trinajstić information content (AvgIpc) is 2.98. The van der Waals surface area contributed by atoms with E-state index in [1.54, 1.807) is 0 Å². The van der Waals surface area contributed by atoms with Crippen molar-refractivity contribution < 1.29 is 13.2 Å². The van der Waals surface area contributed by atoms with Crippen LogP contribution in [0.5, 0.6) is 0 Å². The van der Waals surface area contributed by atoms with E-state index in [0.717, 1.165) is 19.4 Å². The third-order valence-corrected chi connectivity index (χ3v) is 6.02. The molecule has 1 unspecified atom stereocenters. The van der Waals surface area contributed by atoms with E-state index >= 15 is 0 Å². The molecule has 1 aliphatic heterocycles. The average molecular weight is 374 g/mol. The summed E-state index contributed by atoms with van der Waals surface area (Å²) in [5.74, 6) is 0.252. The van der Waals surface area contributed by atoms with Gasteiger partial charge in [-0.1, -0.05) is 30.3 Å². The molecule has 1 aromatic carbocycles. The van der Waals surface area contributed by atoms with Gasteiger partial charge in [0.15, 0.2) is 9.84 Å². The minimum absolute atomic E-state index is 0.000645. The molecular formula is C18H22N4O3S. The monoisotopic (exact) mass is 374 g/mol. The first-order valence-corrected chi connectivity index (χ1v) is 10.5. The van der Waals surface area contributed by atoms with Crippen LogP contribution in [-0.2, 0) is 16.3 Å². The zero-order valence-corrected chi connectivity index (χ0v) is 15.2. The summed E-state index contributed by atoms with van der Waals surface area (Å²) in [5.41, 5.74) is 1.61. The van der Waals surface area contributed by atoms with Gasteiger partial charge in [-0.15, -0.1) is 0 Å². The number of nitrogens with one attached hydrogen (secondary N) is 2. The number of benzene rings is 1. The van der Waals surface area contributed by atoms with Gasteiger partial charge in [0.1, 0.15) is 0 Å². The van der Waals surface area contributed by atoms with Crippen molar-refractivity contribution in [2.75, 3.05) is 23.4 Å². The van der Waals surface area contributed by atoms with Crippen LogP contribution in [0.3, 0.4) is 0 Å². The molecule has 0 spiro atoms. The Balaban J connectivity index is 1.43. The Morgan fingerprint density at radius 3 is 2.54 bits per heavy atom. The molecule has 7 nitrogen and oxygen atoms in total. The lowest BCUT2D eigenvalue weighted by molar-refractivity contribution is 0.0940. The maximum atomic E-state index is 12.1. The zero-order chi connectivity index (χ0) is 18.4. The number of aryl methyl sites for hydroxylation is 1. The molecule has 1 amide bonds. The van der Waals surface area contributed by atoms with Crippen molar-refractivity contribution in [3.8, 4) is 0 Å². The number of carbonyl (C=O) groups excluding carboxylic acids is 1. The third kappa shape index (κ3) is 5.26. The number of amides is 1. The highest BCUT2D eigenvalue weighted by Gasteiger charge is 2.29. The highest BCUT2D eigenvalue weighted by atomic mass is 32.2. The van der Waals surface area contributed by atoms with E-state index in [4.69, 9.17) is 0 Å². The largest absolute Gasteiger partial charge is 0.354 e. The molecule has 3 rings (SSSR count). The summed E-state index contributed by atoms with van der Waals surface area (Å²) in [4.78, 5) is 20.4. The lowest BCUT2D eigenvalue weighted by atomic mass is 10.1. The van der Waals surface area contributed by atoms with Gasteiger partial charge in [0, 0.05) is 25.0 Å². The highest BCUT2D eigenvalue weighted by Crippen LogP contribution is 2.12. The fraction of sp³-hybridized carbons (Fsp3) is 0.389. The van der Waals surface area contributed by atoms with Gasteiger partial charge < -0.3 is 10.6 Å². The first-order valence-electron chi connectivity index (χ1n) is 8.63. The van der Waals surface area contributed by atoms with Gasteiger partial charge >= 0.3 is 0 Å². The molecule has 0 aliphatic carbocycles. The normalized spacial score (nSPS) is 18.4. The number of rotatable bonds is 7. The van der Waals surface area contributed by atoms with Gasteiger partial charge in [-0.3, -0.25) is 4.79 Å². The predicted molar refractivity (Wildman–Crippen MR) is 99.8 cm³/mol. The summed E-state index contributed by atoms with van der Waals surface area (Å²) in [6.07, 6.45) is 5.27. The van der Waals surface area contributed by atoms with Crippen LogP contribution >= 0.6 is 0 Å². The highest BCUT2D eigenvalue weighted by molar-refractivity contribution is 7.91. The quantitative estimate of drug-likeness (QED) is 0.711. The summed E-state index contributed by atoms with van der Waals surface area (Å²) in [5, 5.41) is 5.85. The van der Waals surface area contributed by atoms with Crippen molar-refractivity contribution >= 4 is 21.7 Å². The summed E-state index contributed by atoms with van der Waals surface area (Å²) in [6, 6.07) is 9.91. The molecule has 1 saturated heterocycles. The van der Waals surface area contributed by atoms with Gasteiger partial charge in [0.25, 0.3) is 5.91 Å². The van der Waals surface area contributed by atoms with Crippen LogP contribution in [-0.4, -0.2) is 48.4 Å². The molecule has 0 saturated carbocycles. The fourth-order valence-electron chi connectivity index (χ4n) is 2.85. The Labute approximate surface area is 153 Å². The zero-order valence-electron chi connectivity index (χ0n) is 14.4. The van der Waals surface area contributed by atoms with E-state index in [-0.39, 0.29) is 23.5 Å². The van der Waals surface area contributed by atoms with E-state index in [1.807, 2.05) is 18.2 Å².